The van der Waals surface area contributed by atoms with Crippen molar-refractivity contribution >= 4 is 27.8 Å². The largest absolute Gasteiger partial charge is 0.294 e. The molecule has 0 spiro atoms. The predicted octanol–water partition coefficient (Wildman–Crippen LogP) is 3.03. The molecular weight excluding hydrogens is 302 g/mol. The van der Waals surface area contributed by atoms with Crippen LogP contribution in [0.4, 0.5) is 0 Å². The summed E-state index contributed by atoms with van der Waals surface area (Å²) in [5, 5.41) is 0. The van der Waals surface area contributed by atoms with Crippen LogP contribution in [-0.2, 0) is 14.8 Å². The standard InChI is InChI=1S/C12H13NO4S.2C2H6/c1-9(14)11-6-4-3-5-10(11)7-8-12(15)13-18(2,16)17;2*1-2/h3-8H,1-2H3,(H,13,15);2*1-2H3/b8-7+;;. The van der Waals surface area contributed by atoms with Crippen LogP contribution in [0.15, 0.2) is 30.3 Å². The molecule has 0 aliphatic rings. The van der Waals surface area contributed by atoms with E-state index in [0.717, 1.165) is 12.3 Å². The van der Waals surface area contributed by atoms with E-state index in [4.69, 9.17) is 0 Å². The van der Waals surface area contributed by atoms with Gasteiger partial charge in [-0.25, -0.2) is 13.1 Å². The minimum Gasteiger partial charge on any atom is -0.294 e. The second kappa shape index (κ2) is 11.7. The third-order valence-electron chi connectivity index (χ3n) is 2.04. The number of carbonyl (C=O) groups excluding carboxylic acids is 2. The Labute approximate surface area is 133 Å². The highest BCUT2D eigenvalue weighted by Gasteiger charge is 2.06. The molecule has 0 saturated heterocycles. The van der Waals surface area contributed by atoms with Crippen LogP contribution in [0.1, 0.15) is 50.5 Å². The van der Waals surface area contributed by atoms with Crippen molar-refractivity contribution < 1.29 is 18.0 Å². The Balaban J connectivity index is 0. The zero-order chi connectivity index (χ0) is 17.8. The van der Waals surface area contributed by atoms with Crippen LogP contribution in [0.3, 0.4) is 0 Å². The van der Waals surface area contributed by atoms with Crippen molar-refractivity contribution in [2.24, 2.45) is 0 Å². The van der Waals surface area contributed by atoms with E-state index < -0.39 is 15.9 Å². The lowest BCUT2D eigenvalue weighted by molar-refractivity contribution is -0.114. The number of nitrogens with one attached hydrogen (secondary N) is 1. The van der Waals surface area contributed by atoms with E-state index in [9.17, 15) is 18.0 Å². The maximum absolute atomic E-state index is 11.3. The third-order valence-corrected chi connectivity index (χ3v) is 2.61. The molecule has 0 radical (unpaired) electrons. The second-order valence-electron chi connectivity index (χ2n) is 3.72. The molecule has 0 fully saturated rings. The van der Waals surface area contributed by atoms with Gasteiger partial charge in [0.2, 0.25) is 10.0 Å². The number of ketones is 1. The molecule has 0 atom stereocenters. The van der Waals surface area contributed by atoms with E-state index in [-0.39, 0.29) is 5.78 Å². The lowest BCUT2D eigenvalue weighted by atomic mass is 10.0. The van der Waals surface area contributed by atoms with E-state index in [1.165, 1.54) is 13.0 Å². The van der Waals surface area contributed by atoms with Gasteiger partial charge in [-0.15, -0.1) is 0 Å². The lowest BCUT2D eigenvalue weighted by Crippen LogP contribution is -2.27. The van der Waals surface area contributed by atoms with Crippen LogP contribution in [0.25, 0.3) is 6.08 Å². The number of carbonyl (C=O) groups is 2. The number of Topliss-reactive ketones (excluding diaryl/α,β-unsaturated/α-hetero) is 1. The molecule has 124 valence electrons. The van der Waals surface area contributed by atoms with Crippen LogP contribution in [0.2, 0.25) is 0 Å². The van der Waals surface area contributed by atoms with Gasteiger partial charge >= 0.3 is 0 Å². The molecular formula is C16H25NO4S. The first-order valence-corrected chi connectivity index (χ1v) is 8.98. The zero-order valence-corrected chi connectivity index (χ0v) is 14.8. The summed E-state index contributed by atoms with van der Waals surface area (Å²) in [6.45, 7) is 9.42. The van der Waals surface area contributed by atoms with Crippen molar-refractivity contribution in [3.05, 3.63) is 41.5 Å². The first-order chi connectivity index (χ1) is 10.3. The average molecular weight is 327 g/mol. The van der Waals surface area contributed by atoms with E-state index in [0.29, 0.717) is 11.1 Å². The topological polar surface area (TPSA) is 80.3 Å². The molecule has 0 saturated carbocycles. The Morgan fingerprint density at radius 3 is 2.00 bits per heavy atom. The van der Waals surface area contributed by atoms with Crippen molar-refractivity contribution in [2.75, 3.05) is 6.26 Å². The summed E-state index contributed by atoms with van der Waals surface area (Å²) in [6, 6.07) is 6.74. The average Bonchev–Trinajstić information content (AvgIpc) is 2.48. The van der Waals surface area contributed by atoms with E-state index in [2.05, 4.69) is 0 Å². The Morgan fingerprint density at radius 2 is 1.55 bits per heavy atom. The number of benzene rings is 1. The zero-order valence-electron chi connectivity index (χ0n) is 14.0. The monoisotopic (exact) mass is 327 g/mol. The van der Waals surface area contributed by atoms with Gasteiger partial charge in [-0.1, -0.05) is 52.0 Å². The molecule has 1 aromatic rings. The highest BCUT2D eigenvalue weighted by molar-refractivity contribution is 7.89. The molecule has 5 nitrogen and oxygen atoms in total. The van der Waals surface area contributed by atoms with Crippen molar-refractivity contribution in [2.45, 2.75) is 34.6 Å². The van der Waals surface area contributed by atoms with Crippen LogP contribution in [-0.4, -0.2) is 26.4 Å². The molecule has 0 aliphatic carbocycles. The van der Waals surface area contributed by atoms with Gasteiger partial charge in [-0.2, -0.15) is 0 Å². The highest BCUT2D eigenvalue weighted by atomic mass is 32.2. The first kappa shape index (κ1) is 22.3. The van der Waals surface area contributed by atoms with Gasteiger partial charge in [-0.05, 0) is 18.6 Å². The Bertz CT molecular complexity index is 604. The molecule has 0 bridgehead atoms. The Hall–Kier alpha value is -1.95. The van der Waals surface area contributed by atoms with E-state index >= 15 is 0 Å². The third kappa shape index (κ3) is 9.88. The highest BCUT2D eigenvalue weighted by Crippen LogP contribution is 2.11. The molecule has 1 N–H and O–H groups in total. The van der Waals surface area contributed by atoms with E-state index in [1.807, 2.05) is 27.7 Å². The summed E-state index contributed by atoms with van der Waals surface area (Å²) >= 11 is 0. The summed E-state index contributed by atoms with van der Waals surface area (Å²) < 4.78 is 23.4. The molecule has 0 heterocycles. The summed E-state index contributed by atoms with van der Waals surface area (Å²) in [5.41, 5.74) is 1.04. The van der Waals surface area contributed by atoms with Gasteiger partial charge in [0.15, 0.2) is 5.78 Å². The van der Waals surface area contributed by atoms with Crippen LogP contribution >= 0.6 is 0 Å². The molecule has 0 aromatic heterocycles. The minimum absolute atomic E-state index is 0.126. The molecule has 1 amide bonds. The van der Waals surface area contributed by atoms with Gasteiger partial charge in [0.05, 0.1) is 6.26 Å². The Kier molecular flexibility index (Phi) is 11.9. The van der Waals surface area contributed by atoms with Crippen LogP contribution in [0, 0.1) is 0 Å². The van der Waals surface area contributed by atoms with Crippen molar-refractivity contribution in [3.63, 3.8) is 0 Å². The van der Waals surface area contributed by atoms with Gasteiger partial charge < -0.3 is 0 Å². The fourth-order valence-corrected chi connectivity index (χ4v) is 1.78. The fraction of sp³-hybridized carbons (Fsp3) is 0.375. The molecule has 0 unspecified atom stereocenters. The summed E-state index contributed by atoms with van der Waals surface area (Å²) in [4.78, 5) is 22.6. The maximum Gasteiger partial charge on any atom is 0.257 e. The number of amides is 1. The Morgan fingerprint density at radius 1 is 1.05 bits per heavy atom. The number of hydrogen-bond acceptors (Lipinski definition) is 4. The van der Waals surface area contributed by atoms with Gasteiger partial charge in [-0.3, -0.25) is 9.59 Å². The van der Waals surface area contributed by atoms with Crippen molar-refractivity contribution in [1.82, 2.24) is 4.72 Å². The second-order valence-corrected chi connectivity index (χ2v) is 5.46. The van der Waals surface area contributed by atoms with Gasteiger partial charge in [0.25, 0.3) is 5.91 Å². The number of sulfonamides is 1. The van der Waals surface area contributed by atoms with Crippen LogP contribution < -0.4 is 4.72 Å². The SMILES string of the molecule is CC.CC.CC(=O)c1ccccc1/C=C/C(=O)NS(C)(=O)=O. The van der Waals surface area contributed by atoms with E-state index in [1.54, 1.807) is 29.0 Å². The summed E-state index contributed by atoms with van der Waals surface area (Å²) in [7, 11) is -3.57. The maximum atomic E-state index is 11.3. The normalized spacial score (nSPS) is 9.91. The molecule has 6 heteroatoms. The lowest BCUT2D eigenvalue weighted by Gasteiger charge is -2.01. The van der Waals surface area contributed by atoms with Gasteiger partial charge in [0.1, 0.15) is 0 Å². The van der Waals surface area contributed by atoms with Crippen molar-refractivity contribution in [1.29, 1.82) is 0 Å². The van der Waals surface area contributed by atoms with Gasteiger partial charge in [0, 0.05) is 11.6 Å². The molecule has 1 rings (SSSR count). The fourth-order valence-electron chi connectivity index (χ4n) is 1.35. The van der Waals surface area contributed by atoms with Crippen LogP contribution in [0.5, 0.6) is 0 Å². The molecule has 0 aliphatic heterocycles. The minimum atomic E-state index is -3.57. The predicted molar refractivity (Wildman–Crippen MR) is 91.2 cm³/mol. The molecule has 1 aromatic carbocycles. The number of hydrogen-bond donors (Lipinski definition) is 1. The first-order valence-electron chi connectivity index (χ1n) is 7.09. The summed E-state index contributed by atoms with van der Waals surface area (Å²) in [6.07, 6.45) is 3.36. The van der Waals surface area contributed by atoms with Crippen molar-refractivity contribution in [3.8, 4) is 0 Å². The quantitative estimate of drug-likeness (QED) is 0.681. The summed E-state index contributed by atoms with van der Waals surface area (Å²) in [5.74, 6) is -0.880. The molecule has 22 heavy (non-hydrogen) atoms. The smallest absolute Gasteiger partial charge is 0.257 e. The number of rotatable bonds is 4.